The third kappa shape index (κ3) is 4.73. The zero-order valence-electron chi connectivity index (χ0n) is 20.7. The van der Waals surface area contributed by atoms with Crippen molar-refractivity contribution in [3.05, 3.63) is 71.8 Å². The van der Waals surface area contributed by atoms with E-state index in [1.165, 1.54) is 11.1 Å². The second-order valence-corrected chi connectivity index (χ2v) is 16.0. The fraction of sp³-hybridized carbons (Fsp3) is 0.556. The molecule has 0 spiro atoms. The average Bonchev–Trinajstić information content (AvgIpc) is 3.19. The van der Waals surface area contributed by atoms with Gasteiger partial charge in [-0.25, -0.2) is 0 Å². The van der Waals surface area contributed by atoms with Crippen LogP contribution in [0.5, 0.6) is 0 Å². The van der Waals surface area contributed by atoms with E-state index in [0.717, 1.165) is 6.54 Å². The molecule has 0 N–H and O–H groups in total. The molecule has 0 aromatic heterocycles. The highest BCUT2D eigenvalue weighted by Gasteiger charge is 2.54. The minimum atomic E-state index is -1.90. The number of fused-ring (bicyclic) bond motifs is 1. The highest BCUT2D eigenvalue weighted by molar-refractivity contribution is 6.74. The molecule has 2 saturated heterocycles. The lowest BCUT2D eigenvalue weighted by Crippen LogP contribution is -2.48. The number of benzene rings is 2. The van der Waals surface area contributed by atoms with Crippen LogP contribution in [0.3, 0.4) is 0 Å². The van der Waals surface area contributed by atoms with Crippen LogP contribution in [0.2, 0.25) is 18.1 Å². The highest BCUT2D eigenvalue weighted by atomic mass is 28.4. The molecule has 2 fully saturated rings. The first-order valence-corrected chi connectivity index (χ1v) is 14.7. The van der Waals surface area contributed by atoms with E-state index < -0.39 is 14.1 Å². The van der Waals surface area contributed by atoms with Crippen LogP contribution in [-0.4, -0.2) is 50.4 Å². The zero-order chi connectivity index (χ0) is 23.1. The molecule has 4 nitrogen and oxygen atoms in total. The summed E-state index contributed by atoms with van der Waals surface area (Å²) in [5, 5.41) is 0.167. The number of ether oxygens (including phenoxy) is 2. The molecule has 32 heavy (non-hydrogen) atoms. The molecule has 2 aliphatic heterocycles. The van der Waals surface area contributed by atoms with Crippen LogP contribution in [-0.2, 0) is 13.9 Å². The average molecular weight is 454 g/mol. The minimum Gasteiger partial charge on any atom is -0.415 e. The van der Waals surface area contributed by atoms with E-state index in [0.29, 0.717) is 6.61 Å². The first kappa shape index (κ1) is 23.6. The van der Waals surface area contributed by atoms with Crippen LogP contribution in [0.4, 0.5) is 0 Å². The predicted octanol–water partition coefficient (Wildman–Crippen LogP) is 6.00. The summed E-state index contributed by atoms with van der Waals surface area (Å²) in [6, 6.07) is 21.8. The molecule has 0 bridgehead atoms. The number of hydrogen-bond donors (Lipinski definition) is 0. The molecular weight excluding hydrogens is 414 g/mol. The van der Waals surface area contributed by atoms with Gasteiger partial charge in [0.1, 0.15) is 12.2 Å². The Kier molecular flexibility index (Phi) is 6.42. The lowest BCUT2D eigenvalue weighted by molar-refractivity contribution is -0.164. The normalized spacial score (nSPS) is 25.9. The molecule has 0 saturated carbocycles. The van der Waals surface area contributed by atoms with E-state index >= 15 is 0 Å². The molecule has 5 heteroatoms. The maximum Gasteiger partial charge on any atom is 0.192 e. The largest absolute Gasteiger partial charge is 0.415 e. The number of rotatable bonds is 6. The first-order valence-electron chi connectivity index (χ1n) is 11.8. The van der Waals surface area contributed by atoms with E-state index in [1.54, 1.807) is 0 Å². The van der Waals surface area contributed by atoms with Crippen LogP contribution in [0.15, 0.2) is 60.7 Å². The van der Waals surface area contributed by atoms with Crippen LogP contribution in [0.25, 0.3) is 0 Å². The fourth-order valence-corrected chi connectivity index (χ4v) is 5.73. The molecule has 2 aliphatic rings. The topological polar surface area (TPSA) is 30.9 Å². The number of nitrogens with zero attached hydrogens (tertiary/aromatic N) is 1. The lowest BCUT2D eigenvalue weighted by atomic mass is 9.96. The Balaban J connectivity index is 1.69. The molecule has 174 valence electrons. The van der Waals surface area contributed by atoms with Crippen molar-refractivity contribution < 1.29 is 13.9 Å². The Morgan fingerprint density at radius 1 is 0.969 bits per heavy atom. The van der Waals surface area contributed by atoms with Crippen LogP contribution in [0.1, 0.15) is 51.8 Å². The third-order valence-electron chi connectivity index (χ3n) is 7.40. The second-order valence-electron chi connectivity index (χ2n) is 11.2. The maximum absolute atomic E-state index is 6.77. The minimum absolute atomic E-state index is 0.00435. The van der Waals surface area contributed by atoms with Gasteiger partial charge in [-0.05, 0) is 43.1 Å². The molecule has 2 heterocycles. The predicted molar refractivity (Wildman–Crippen MR) is 132 cm³/mol. The van der Waals surface area contributed by atoms with Gasteiger partial charge in [-0.15, -0.1) is 0 Å². The third-order valence-corrected chi connectivity index (χ3v) is 11.9. The Bertz CT molecular complexity index is 855. The number of hydrogen-bond acceptors (Lipinski definition) is 4. The molecule has 0 radical (unpaired) electrons. The van der Waals surface area contributed by atoms with Gasteiger partial charge in [-0.2, -0.15) is 0 Å². The van der Waals surface area contributed by atoms with Gasteiger partial charge in [0.2, 0.25) is 0 Å². The van der Waals surface area contributed by atoms with Gasteiger partial charge in [0.15, 0.2) is 14.1 Å². The summed E-state index contributed by atoms with van der Waals surface area (Å²) < 4.78 is 19.6. The Hall–Kier alpha value is -1.50. The van der Waals surface area contributed by atoms with Crippen molar-refractivity contribution in [1.82, 2.24) is 4.90 Å². The van der Waals surface area contributed by atoms with Crippen molar-refractivity contribution in [2.75, 3.05) is 13.2 Å². The second kappa shape index (κ2) is 8.69. The SMILES string of the molecule is CC1(C)O[C@H]2[C@@H](CO[Si](C)(C)C(C)(C)C)N(C(c3ccccc3)c3ccccc3)C[C@H]2O1. The standard InChI is InChI=1S/C27H39NO3Si/c1-26(2,3)32(6,7)29-19-22-25-23(30-27(4,5)31-25)18-28(22)24(20-14-10-8-11-15-20)21-16-12-9-13-17-21/h8-17,22-25H,18-19H2,1-7H3/t22-,23-,25+/m1/s1. The van der Waals surface area contributed by atoms with Gasteiger partial charge in [0.05, 0.1) is 18.7 Å². The van der Waals surface area contributed by atoms with Crippen LogP contribution in [0, 0.1) is 0 Å². The van der Waals surface area contributed by atoms with Crippen molar-refractivity contribution in [3.8, 4) is 0 Å². The van der Waals surface area contributed by atoms with Crippen molar-refractivity contribution in [3.63, 3.8) is 0 Å². The van der Waals surface area contributed by atoms with E-state index in [1.807, 2.05) is 13.8 Å². The van der Waals surface area contributed by atoms with Crippen molar-refractivity contribution in [2.24, 2.45) is 0 Å². The quantitative estimate of drug-likeness (QED) is 0.502. The summed E-state index contributed by atoms with van der Waals surface area (Å²) >= 11 is 0. The summed E-state index contributed by atoms with van der Waals surface area (Å²) in [5.41, 5.74) is 2.57. The van der Waals surface area contributed by atoms with E-state index in [4.69, 9.17) is 13.9 Å². The monoisotopic (exact) mass is 453 g/mol. The smallest absolute Gasteiger partial charge is 0.192 e. The molecule has 2 aromatic rings. The summed E-state index contributed by atoms with van der Waals surface area (Å²) in [6.45, 7) is 17.1. The van der Waals surface area contributed by atoms with Crippen molar-refractivity contribution in [1.29, 1.82) is 0 Å². The number of likely N-dealkylation sites (tertiary alicyclic amines) is 1. The molecule has 3 atom stereocenters. The zero-order valence-corrected chi connectivity index (χ0v) is 21.7. The summed E-state index contributed by atoms with van der Waals surface area (Å²) in [6.07, 6.45) is 0.0534. The van der Waals surface area contributed by atoms with Gasteiger partial charge in [-0.1, -0.05) is 81.4 Å². The Morgan fingerprint density at radius 3 is 2.00 bits per heavy atom. The van der Waals surface area contributed by atoms with Gasteiger partial charge < -0.3 is 13.9 Å². The first-order chi connectivity index (χ1) is 15.0. The highest BCUT2D eigenvalue weighted by Crippen LogP contribution is 2.44. The lowest BCUT2D eigenvalue weighted by Gasteiger charge is -2.40. The van der Waals surface area contributed by atoms with Gasteiger partial charge in [-0.3, -0.25) is 4.90 Å². The van der Waals surface area contributed by atoms with E-state index in [2.05, 4.69) is 99.4 Å². The van der Waals surface area contributed by atoms with Crippen molar-refractivity contribution >= 4 is 8.32 Å². The molecular formula is C27H39NO3Si. The van der Waals surface area contributed by atoms with Crippen molar-refractivity contribution in [2.45, 2.75) is 82.8 Å². The summed E-state index contributed by atoms with van der Waals surface area (Å²) in [4.78, 5) is 2.56. The summed E-state index contributed by atoms with van der Waals surface area (Å²) in [5.74, 6) is -0.550. The van der Waals surface area contributed by atoms with Crippen LogP contribution >= 0.6 is 0 Å². The molecule has 0 unspecified atom stereocenters. The Labute approximate surface area is 195 Å². The van der Waals surface area contributed by atoms with Crippen LogP contribution < -0.4 is 0 Å². The molecule has 2 aromatic carbocycles. The molecule has 0 aliphatic carbocycles. The van der Waals surface area contributed by atoms with E-state index in [-0.39, 0.29) is 29.3 Å². The summed E-state index contributed by atoms with van der Waals surface area (Å²) in [7, 11) is -1.90. The van der Waals surface area contributed by atoms with Gasteiger partial charge in [0, 0.05) is 6.54 Å². The molecule has 4 rings (SSSR count). The molecule has 0 amide bonds. The fourth-order valence-electron chi connectivity index (χ4n) is 4.71. The Morgan fingerprint density at radius 2 is 1.50 bits per heavy atom. The van der Waals surface area contributed by atoms with E-state index in [9.17, 15) is 0 Å². The maximum atomic E-state index is 6.77. The van der Waals surface area contributed by atoms with Gasteiger partial charge in [0.25, 0.3) is 0 Å². The van der Waals surface area contributed by atoms with Gasteiger partial charge >= 0.3 is 0 Å².